The van der Waals surface area contributed by atoms with E-state index < -0.39 is 5.82 Å². The monoisotopic (exact) mass is 270 g/mol. The van der Waals surface area contributed by atoms with Crippen LogP contribution in [0.4, 0.5) is 4.39 Å². The molecule has 0 atom stereocenters. The molecule has 0 N–H and O–H groups in total. The maximum Gasteiger partial charge on any atom is 0.167 e. The standard InChI is InChI=1S/C15H20ClFO/c1-2-3-4-5-6-7-11-14(18)15-12(16)9-8-10-13(15)17/h8-10H,2-7,11H2,1H3. The van der Waals surface area contributed by atoms with Gasteiger partial charge in [0, 0.05) is 6.42 Å². The SMILES string of the molecule is CCCCCCCCC(=O)c1c(F)cccc1Cl. The minimum absolute atomic E-state index is 0.0488. The van der Waals surface area contributed by atoms with Gasteiger partial charge < -0.3 is 0 Å². The molecule has 0 bridgehead atoms. The topological polar surface area (TPSA) is 17.1 Å². The van der Waals surface area contributed by atoms with Crippen molar-refractivity contribution in [3.63, 3.8) is 0 Å². The lowest BCUT2D eigenvalue weighted by atomic mass is 10.0. The fourth-order valence-electron chi connectivity index (χ4n) is 1.96. The molecule has 18 heavy (non-hydrogen) atoms. The number of ketones is 1. The number of unbranched alkanes of at least 4 members (excludes halogenated alkanes) is 5. The summed E-state index contributed by atoms with van der Waals surface area (Å²) in [5, 5.41) is 0.214. The fraction of sp³-hybridized carbons (Fsp3) is 0.533. The van der Waals surface area contributed by atoms with Gasteiger partial charge in [-0.1, -0.05) is 56.7 Å². The molecule has 1 rings (SSSR count). The minimum Gasteiger partial charge on any atom is -0.294 e. The molecule has 0 unspecified atom stereocenters. The van der Waals surface area contributed by atoms with Gasteiger partial charge in [-0.25, -0.2) is 4.39 Å². The first-order valence-electron chi connectivity index (χ1n) is 6.64. The lowest BCUT2D eigenvalue weighted by Crippen LogP contribution is -2.03. The first-order chi connectivity index (χ1) is 8.66. The normalized spacial score (nSPS) is 10.6. The summed E-state index contributed by atoms with van der Waals surface area (Å²) in [6.45, 7) is 2.17. The van der Waals surface area contributed by atoms with Gasteiger partial charge in [-0.2, -0.15) is 0 Å². The number of benzene rings is 1. The number of hydrogen-bond donors (Lipinski definition) is 0. The maximum absolute atomic E-state index is 13.5. The van der Waals surface area contributed by atoms with E-state index in [1.807, 2.05) is 0 Å². The van der Waals surface area contributed by atoms with E-state index >= 15 is 0 Å². The highest BCUT2D eigenvalue weighted by atomic mass is 35.5. The summed E-state index contributed by atoms with van der Waals surface area (Å²) in [6.07, 6.45) is 7.03. The van der Waals surface area contributed by atoms with E-state index in [9.17, 15) is 9.18 Å². The highest BCUT2D eigenvalue weighted by molar-refractivity contribution is 6.34. The molecule has 1 nitrogen and oxygen atoms in total. The predicted molar refractivity (Wildman–Crippen MR) is 73.7 cm³/mol. The van der Waals surface area contributed by atoms with Crippen LogP contribution in [-0.4, -0.2) is 5.78 Å². The van der Waals surface area contributed by atoms with Crippen LogP contribution in [0.15, 0.2) is 18.2 Å². The van der Waals surface area contributed by atoms with E-state index in [1.54, 1.807) is 6.07 Å². The molecule has 0 aliphatic carbocycles. The van der Waals surface area contributed by atoms with Crippen molar-refractivity contribution in [1.82, 2.24) is 0 Å². The maximum atomic E-state index is 13.5. The second-order valence-electron chi connectivity index (χ2n) is 4.54. The third kappa shape index (κ3) is 4.77. The van der Waals surface area contributed by atoms with Gasteiger partial charge in [-0.05, 0) is 18.6 Å². The Bertz CT molecular complexity index is 370. The lowest BCUT2D eigenvalue weighted by Gasteiger charge is -2.05. The molecule has 1 aromatic carbocycles. The molecule has 0 aromatic heterocycles. The Labute approximate surface area is 113 Å². The molecule has 0 aliphatic heterocycles. The Kier molecular flexibility index (Phi) is 6.96. The van der Waals surface area contributed by atoms with Gasteiger partial charge in [0.15, 0.2) is 5.78 Å². The van der Waals surface area contributed by atoms with Gasteiger partial charge in [0.25, 0.3) is 0 Å². The Morgan fingerprint density at radius 1 is 1.17 bits per heavy atom. The molecule has 3 heteroatoms. The van der Waals surface area contributed by atoms with E-state index in [1.165, 1.54) is 31.4 Å². The second kappa shape index (κ2) is 8.25. The Morgan fingerprint density at radius 3 is 2.50 bits per heavy atom. The van der Waals surface area contributed by atoms with Crippen molar-refractivity contribution in [2.45, 2.75) is 51.9 Å². The summed E-state index contributed by atoms with van der Waals surface area (Å²) in [4.78, 5) is 11.9. The fourth-order valence-corrected chi connectivity index (χ4v) is 2.22. The van der Waals surface area contributed by atoms with Crippen LogP contribution in [0.3, 0.4) is 0 Å². The number of Topliss-reactive ketones (excluding diaryl/α,β-unsaturated/α-hetero) is 1. The molecule has 0 radical (unpaired) electrons. The van der Waals surface area contributed by atoms with Crippen LogP contribution in [0.2, 0.25) is 5.02 Å². The van der Waals surface area contributed by atoms with Crippen LogP contribution >= 0.6 is 11.6 Å². The van der Waals surface area contributed by atoms with E-state index in [0.717, 1.165) is 19.3 Å². The average Bonchev–Trinajstić information content (AvgIpc) is 2.33. The van der Waals surface area contributed by atoms with Gasteiger partial charge >= 0.3 is 0 Å². The molecule has 0 fully saturated rings. The summed E-state index contributed by atoms with van der Waals surface area (Å²) in [7, 11) is 0. The van der Waals surface area contributed by atoms with Crippen molar-refractivity contribution >= 4 is 17.4 Å². The summed E-state index contributed by atoms with van der Waals surface area (Å²) in [6, 6.07) is 4.35. The third-order valence-corrected chi connectivity index (χ3v) is 3.31. The second-order valence-corrected chi connectivity index (χ2v) is 4.94. The molecular formula is C15H20ClFO. The van der Waals surface area contributed by atoms with Crippen LogP contribution in [0.25, 0.3) is 0 Å². The zero-order chi connectivity index (χ0) is 13.4. The van der Waals surface area contributed by atoms with Crippen LogP contribution < -0.4 is 0 Å². The molecule has 0 saturated carbocycles. The van der Waals surface area contributed by atoms with Gasteiger partial charge in [0.05, 0.1) is 10.6 Å². The van der Waals surface area contributed by atoms with Gasteiger partial charge in [0.1, 0.15) is 5.82 Å². The molecule has 1 aromatic rings. The van der Waals surface area contributed by atoms with E-state index in [4.69, 9.17) is 11.6 Å². The van der Waals surface area contributed by atoms with Crippen LogP contribution in [0.5, 0.6) is 0 Å². The third-order valence-electron chi connectivity index (χ3n) is 3.00. The van der Waals surface area contributed by atoms with Crippen molar-refractivity contribution in [3.05, 3.63) is 34.6 Å². The Morgan fingerprint density at radius 2 is 1.83 bits per heavy atom. The Hall–Kier alpha value is -0.890. The molecule has 0 spiro atoms. The summed E-state index contributed by atoms with van der Waals surface area (Å²) >= 11 is 5.84. The van der Waals surface area contributed by atoms with Gasteiger partial charge in [0.2, 0.25) is 0 Å². The van der Waals surface area contributed by atoms with Crippen molar-refractivity contribution < 1.29 is 9.18 Å². The first-order valence-corrected chi connectivity index (χ1v) is 7.01. The number of hydrogen-bond acceptors (Lipinski definition) is 1. The van der Waals surface area contributed by atoms with E-state index in [2.05, 4.69) is 6.92 Å². The van der Waals surface area contributed by atoms with Crippen molar-refractivity contribution in [2.24, 2.45) is 0 Å². The molecular weight excluding hydrogens is 251 g/mol. The molecule has 0 aliphatic rings. The van der Waals surface area contributed by atoms with Gasteiger partial charge in [-0.15, -0.1) is 0 Å². The lowest BCUT2D eigenvalue weighted by molar-refractivity contribution is 0.0975. The predicted octanol–water partition coefficient (Wildman–Crippen LogP) is 5.41. The van der Waals surface area contributed by atoms with Crippen molar-refractivity contribution in [2.75, 3.05) is 0 Å². The first kappa shape index (κ1) is 15.2. The van der Waals surface area contributed by atoms with Gasteiger partial charge in [-0.3, -0.25) is 4.79 Å². The minimum atomic E-state index is -0.515. The summed E-state index contributed by atoms with van der Waals surface area (Å²) in [5.41, 5.74) is 0.0488. The molecule has 100 valence electrons. The zero-order valence-corrected chi connectivity index (χ0v) is 11.6. The van der Waals surface area contributed by atoms with Crippen molar-refractivity contribution in [3.8, 4) is 0 Å². The summed E-state index contributed by atoms with van der Waals surface area (Å²) < 4.78 is 13.5. The zero-order valence-electron chi connectivity index (χ0n) is 10.8. The number of carbonyl (C=O) groups is 1. The van der Waals surface area contributed by atoms with Crippen LogP contribution in [0.1, 0.15) is 62.2 Å². The molecule has 0 amide bonds. The van der Waals surface area contributed by atoms with Crippen molar-refractivity contribution in [1.29, 1.82) is 0 Å². The number of halogens is 2. The number of carbonyl (C=O) groups excluding carboxylic acids is 1. The largest absolute Gasteiger partial charge is 0.294 e. The highest BCUT2D eigenvalue weighted by Gasteiger charge is 2.14. The average molecular weight is 271 g/mol. The van der Waals surface area contributed by atoms with Crippen LogP contribution in [0, 0.1) is 5.82 Å². The van der Waals surface area contributed by atoms with E-state index in [0.29, 0.717) is 6.42 Å². The summed E-state index contributed by atoms with van der Waals surface area (Å²) in [5.74, 6) is -0.702. The van der Waals surface area contributed by atoms with E-state index in [-0.39, 0.29) is 16.4 Å². The quantitative estimate of drug-likeness (QED) is 0.456. The molecule has 0 heterocycles. The highest BCUT2D eigenvalue weighted by Crippen LogP contribution is 2.21. The number of rotatable bonds is 8. The Balaban J connectivity index is 2.37. The van der Waals surface area contributed by atoms with Crippen LogP contribution in [-0.2, 0) is 0 Å². The smallest absolute Gasteiger partial charge is 0.167 e. The molecule has 0 saturated heterocycles.